The van der Waals surface area contributed by atoms with Crippen LogP contribution in [0.1, 0.15) is 52.1 Å². The summed E-state index contributed by atoms with van der Waals surface area (Å²) in [7, 11) is 0. The van der Waals surface area contributed by atoms with Gasteiger partial charge < -0.3 is 0 Å². The number of aromatic nitrogens is 1. The maximum Gasteiger partial charge on any atom is 0.0439 e. The topological polar surface area (TPSA) is 12.9 Å². The fourth-order valence-corrected chi connectivity index (χ4v) is 1.90. The van der Waals surface area contributed by atoms with Crippen LogP contribution < -0.4 is 0 Å². The molecule has 1 atom stereocenters. The average molecular weight is 191 g/mol. The van der Waals surface area contributed by atoms with E-state index in [4.69, 9.17) is 0 Å². The van der Waals surface area contributed by atoms with E-state index in [1.165, 1.54) is 18.5 Å². The Bertz CT molecular complexity index is 258. The lowest BCUT2D eigenvalue weighted by molar-refractivity contribution is 0.298. The first kappa shape index (κ1) is 11.2. The number of pyridine rings is 1. The molecule has 0 aromatic carbocycles. The summed E-state index contributed by atoms with van der Waals surface area (Å²) in [4.78, 5) is 4.46. The summed E-state index contributed by atoms with van der Waals surface area (Å²) < 4.78 is 0. The quantitative estimate of drug-likeness (QED) is 0.703. The molecule has 0 bridgehead atoms. The summed E-state index contributed by atoms with van der Waals surface area (Å²) in [5.74, 6) is 0.577. The van der Waals surface area contributed by atoms with Crippen LogP contribution in [0.4, 0.5) is 0 Å². The van der Waals surface area contributed by atoms with Gasteiger partial charge in [0, 0.05) is 17.8 Å². The SMILES string of the molecule is CCCC(c1ccccn1)C(C)(C)C. The predicted molar refractivity (Wildman–Crippen MR) is 61.3 cm³/mol. The summed E-state index contributed by atoms with van der Waals surface area (Å²) in [6.45, 7) is 9.12. The molecule has 0 N–H and O–H groups in total. The van der Waals surface area contributed by atoms with Crippen LogP contribution in [0.5, 0.6) is 0 Å². The molecule has 1 rings (SSSR count). The van der Waals surface area contributed by atoms with Crippen LogP contribution >= 0.6 is 0 Å². The summed E-state index contributed by atoms with van der Waals surface area (Å²) in [5, 5.41) is 0. The second kappa shape index (κ2) is 4.59. The van der Waals surface area contributed by atoms with E-state index in [1.807, 2.05) is 12.3 Å². The minimum atomic E-state index is 0.310. The summed E-state index contributed by atoms with van der Waals surface area (Å²) in [5.41, 5.74) is 1.55. The molecule has 1 nitrogen and oxygen atoms in total. The van der Waals surface area contributed by atoms with Crippen molar-refractivity contribution in [2.75, 3.05) is 0 Å². The van der Waals surface area contributed by atoms with Gasteiger partial charge in [0.25, 0.3) is 0 Å². The highest BCUT2D eigenvalue weighted by molar-refractivity contribution is 5.12. The molecule has 0 saturated heterocycles. The van der Waals surface area contributed by atoms with E-state index in [-0.39, 0.29) is 0 Å². The third kappa shape index (κ3) is 2.83. The molecular weight excluding hydrogens is 170 g/mol. The predicted octanol–water partition coefficient (Wildman–Crippen LogP) is 4.01. The van der Waals surface area contributed by atoms with Crippen molar-refractivity contribution in [3.8, 4) is 0 Å². The fourth-order valence-electron chi connectivity index (χ4n) is 1.90. The Labute approximate surface area is 87.6 Å². The molecule has 0 fully saturated rings. The molecule has 0 aliphatic rings. The zero-order chi connectivity index (χ0) is 10.6. The second-order valence-electron chi connectivity index (χ2n) is 4.96. The minimum absolute atomic E-state index is 0.310. The maximum atomic E-state index is 4.46. The van der Waals surface area contributed by atoms with Gasteiger partial charge in [0.15, 0.2) is 0 Å². The Hall–Kier alpha value is -0.850. The molecule has 0 aliphatic carbocycles. The van der Waals surface area contributed by atoms with Crippen LogP contribution in [0.25, 0.3) is 0 Å². The van der Waals surface area contributed by atoms with Crippen LogP contribution in [-0.4, -0.2) is 4.98 Å². The van der Waals surface area contributed by atoms with Gasteiger partial charge in [-0.1, -0.05) is 40.2 Å². The molecule has 1 aromatic rings. The normalized spacial score (nSPS) is 14.0. The molecule has 1 heterocycles. The van der Waals surface area contributed by atoms with Crippen molar-refractivity contribution < 1.29 is 0 Å². The largest absolute Gasteiger partial charge is 0.261 e. The number of rotatable bonds is 3. The van der Waals surface area contributed by atoms with Gasteiger partial charge in [0.2, 0.25) is 0 Å². The Morgan fingerprint density at radius 2 is 2.00 bits per heavy atom. The van der Waals surface area contributed by atoms with Crippen LogP contribution in [-0.2, 0) is 0 Å². The van der Waals surface area contributed by atoms with Crippen LogP contribution in [0.2, 0.25) is 0 Å². The Kier molecular flexibility index (Phi) is 3.68. The van der Waals surface area contributed by atoms with Crippen molar-refractivity contribution >= 4 is 0 Å². The van der Waals surface area contributed by atoms with Gasteiger partial charge in [-0.15, -0.1) is 0 Å². The molecule has 14 heavy (non-hydrogen) atoms. The summed E-state index contributed by atoms with van der Waals surface area (Å²) in [6.07, 6.45) is 4.34. The molecule has 0 saturated carbocycles. The van der Waals surface area contributed by atoms with Crippen molar-refractivity contribution in [1.82, 2.24) is 4.98 Å². The first-order chi connectivity index (χ1) is 6.55. The standard InChI is InChI=1S/C13H21N/c1-5-8-11(13(2,3)4)12-9-6-7-10-14-12/h6-7,9-11H,5,8H2,1-4H3. The Balaban J connectivity index is 2.89. The molecule has 1 aromatic heterocycles. The fraction of sp³-hybridized carbons (Fsp3) is 0.615. The lowest BCUT2D eigenvalue weighted by Gasteiger charge is -2.30. The maximum absolute atomic E-state index is 4.46. The zero-order valence-electron chi connectivity index (χ0n) is 9.75. The Morgan fingerprint density at radius 1 is 1.29 bits per heavy atom. The van der Waals surface area contributed by atoms with Gasteiger partial charge in [-0.3, -0.25) is 4.98 Å². The van der Waals surface area contributed by atoms with Crippen molar-refractivity contribution in [2.45, 2.75) is 46.5 Å². The molecule has 0 amide bonds. The van der Waals surface area contributed by atoms with Gasteiger partial charge in [-0.2, -0.15) is 0 Å². The molecule has 0 radical (unpaired) electrons. The second-order valence-corrected chi connectivity index (χ2v) is 4.96. The highest BCUT2D eigenvalue weighted by atomic mass is 14.7. The van der Waals surface area contributed by atoms with E-state index < -0.39 is 0 Å². The average Bonchev–Trinajstić information content (AvgIpc) is 2.14. The first-order valence-electron chi connectivity index (χ1n) is 5.46. The van der Waals surface area contributed by atoms with Crippen molar-refractivity contribution in [3.05, 3.63) is 30.1 Å². The summed E-state index contributed by atoms with van der Waals surface area (Å²) >= 11 is 0. The van der Waals surface area contributed by atoms with Gasteiger partial charge in [0.05, 0.1) is 0 Å². The molecule has 0 spiro atoms. The van der Waals surface area contributed by atoms with E-state index in [1.54, 1.807) is 0 Å². The lowest BCUT2D eigenvalue weighted by atomic mass is 9.76. The lowest BCUT2D eigenvalue weighted by Crippen LogP contribution is -2.19. The van der Waals surface area contributed by atoms with Crippen molar-refractivity contribution in [2.24, 2.45) is 5.41 Å². The molecule has 1 heteroatoms. The number of hydrogen-bond acceptors (Lipinski definition) is 1. The molecule has 1 unspecified atom stereocenters. The van der Waals surface area contributed by atoms with E-state index in [0.29, 0.717) is 11.3 Å². The van der Waals surface area contributed by atoms with E-state index in [0.717, 1.165) is 0 Å². The molecule has 0 aliphatic heterocycles. The molecule has 78 valence electrons. The van der Waals surface area contributed by atoms with E-state index in [2.05, 4.69) is 44.8 Å². The number of nitrogens with zero attached hydrogens (tertiary/aromatic N) is 1. The zero-order valence-corrected chi connectivity index (χ0v) is 9.75. The van der Waals surface area contributed by atoms with Crippen molar-refractivity contribution in [1.29, 1.82) is 0 Å². The third-order valence-corrected chi connectivity index (χ3v) is 2.67. The molecular formula is C13H21N. The third-order valence-electron chi connectivity index (χ3n) is 2.67. The van der Waals surface area contributed by atoms with Gasteiger partial charge >= 0.3 is 0 Å². The monoisotopic (exact) mass is 191 g/mol. The van der Waals surface area contributed by atoms with E-state index in [9.17, 15) is 0 Å². The van der Waals surface area contributed by atoms with Crippen LogP contribution in [0.15, 0.2) is 24.4 Å². The first-order valence-corrected chi connectivity index (χ1v) is 5.46. The summed E-state index contributed by atoms with van der Waals surface area (Å²) in [6, 6.07) is 6.21. The smallest absolute Gasteiger partial charge is 0.0439 e. The van der Waals surface area contributed by atoms with Crippen LogP contribution in [0.3, 0.4) is 0 Å². The van der Waals surface area contributed by atoms with E-state index >= 15 is 0 Å². The highest BCUT2D eigenvalue weighted by Gasteiger charge is 2.25. The van der Waals surface area contributed by atoms with Gasteiger partial charge in [0.1, 0.15) is 0 Å². The Morgan fingerprint density at radius 3 is 2.43 bits per heavy atom. The highest BCUT2D eigenvalue weighted by Crippen LogP contribution is 2.37. The minimum Gasteiger partial charge on any atom is -0.261 e. The van der Waals surface area contributed by atoms with Gasteiger partial charge in [-0.05, 0) is 24.0 Å². The van der Waals surface area contributed by atoms with Crippen LogP contribution in [0, 0.1) is 5.41 Å². The van der Waals surface area contributed by atoms with Crippen molar-refractivity contribution in [3.63, 3.8) is 0 Å². The van der Waals surface area contributed by atoms with Gasteiger partial charge in [-0.25, -0.2) is 0 Å². The number of hydrogen-bond donors (Lipinski definition) is 0.